The Kier molecular flexibility index (Phi) is 5.71. The molecule has 1 aromatic heterocycles. The Morgan fingerprint density at radius 1 is 1.15 bits per heavy atom. The van der Waals surface area contributed by atoms with Crippen molar-refractivity contribution in [1.29, 1.82) is 0 Å². The lowest BCUT2D eigenvalue weighted by Crippen LogP contribution is -2.24. The minimum atomic E-state index is -2.86. The Morgan fingerprint density at radius 3 is 2.56 bits per heavy atom. The number of nitrogens with zero attached hydrogens (tertiary/aromatic N) is 3. The second kappa shape index (κ2) is 8.35. The van der Waals surface area contributed by atoms with Gasteiger partial charge in [0.05, 0.1) is 22.9 Å². The number of carbonyl (C=O) groups is 1. The van der Waals surface area contributed by atoms with Gasteiger partial charge < -0.3 is 9.64 Å². The van der Waals surface area contributed by atoms with Crippen LogP contribution in [-0.2, 0) is 11.3 Å². The predicted octanol–water partition coefficient (Wildman–Crippen LogP) is 3.90. The number of hydrogen-bond donors (Lipinski definition) is 0. The average molecular weight is 369 g/mol. The smallest absolute Gasteiger partial charge is 0.387 e. The van der Waals surface area contributed by atoms with Crippen LogP contribution in [0.4, 0.5) is 8.78 Å². The summed E-state index contributed by atoms with van der Waals surface area (Å²) in [6, 6.07) is 13.7. The third-order valence-electron chi connectivity index (χ3n) is 3.81. The second-order valence-electron chi connectivity index (χ2n) is 5.83. The van der Waals surface area contributed by atoms with Crippen LogP contribution in [0.25, 0.3) is 17.1 Å². The number of carbonyl (C=O) groups excluding carboxylic acids is 1. The Labute approximate surface area is 154 Å². The molecular weight excluding hydrogens is 352 g/mol. The first-order valence-corrected chi connectivity index (χ1v) is 8.20. The molecular formula is C20H17F2N3O2. The quantitative estimate of drug-likeness (QED) is 0.619. The van der Waals surface area contributed by atoms with Crippen molar-refractivity contribution in [3.8, 4) is 5.75 Å². The summed E-state index contributed by atoms with van der Waals surface area (Å²) in [5, 5.41) is 0. The first kappa shape index (κ1) is 18.4. The molecule has 0 saturated carbocycles. The fourth-order valence-electron chi connectivity index (χ4n) is 2.46. The maximum Gasteiger partial charge on any atom is 0.387 e. The number of benzene rings is 2. The van der Waals surface area contributed by atoms with Gasteiger partial charge in [-0.15, -0.1) is 0 Å². The van der Waals surface area contributed by atoms with Gasteiger partial charge in [0.2, 0.25) is 5.91 Å². The minimum Gasteiger partial charge on any atom is -0.435 e. The van der Waals surface area contributed by atoms with Crippen LogP contribution in [0.3, 0.4) is 0 Å². The summed E-state index contributed by atoms with van der Waals surface area (Å²) >= 11 is 0. The molecule has 0 saturated heterocycles. The standard InChI is InChI=1S/C20H17F2N3O2/c1-25(13-14-6-9-16(10-7-14)27-20(21)22)19(26)11-8-15-12-23-17-4-2-3-5-18(17)24-15/h2-12,20H,13H2,1H3/b11-8+. The van der Waals surface area contributed by atoms with Crippen molar-refractivity contribution < 1.29 is 18.3 Å². The maximum atomic E-state index is 12.3. The summed E-state index contributed by atoms with van der Waals surface area (Å²) in [5.41, 5.74) is 2.93. The van der Waals surface area contributed by atoms with E-state index >= 15 is 0 Å². The van der Waals surface area contributed by atoms with Crippen molar-refractivity contribution in [2.75, 3.05) is 7.05 Å². The number of aromatic nitrogens is 2. The van der Waals surface area contributed by atoms with Crippen LogP contribution in [0, 0.1) is 0 Å². The normalized spacial score (nSPS) is 11.3. The minimum absolute atomic E-state index is 0.0810. The van der Waals surface area contributed by atoms with Gasteiger partial charge in [0.25, 0.3) is 0 Å². The van der Waals surface area contributed by atoms with E-state index in [1.807, 2.05) is 24.3 Å². The fourth-order valence-corrected chi connectivity index (χ4v) is 2.46. The molecule has 0 N–H and O–H groups in total. The van der Waals surface area contributed by atoms with Crippen molar-refractivity contribution in [2.45, 2.75) is 13.2 Å². The molecule has 1 amide bonds. The van der Waals surface area contributed by atoms with Gasteiger partial charge in [0.15, 0.2) is 0 Å². The molecule has 27 heavy (non-hydrogen) atoms. The summed E-state index contributed by atoms with van der Waals surface area (Å²) in [4.78, 5) is 22.5. The molecule has 3 rings (SSSR count). The van der Waals surface area contributed by atoms with E-state index in [1.54, 1.807) is 31.5 Å². The van der Waals surface area contributed by atoms with E-state index in [0.717, 1.165) is 16.6 Å². The van der Waals surface area contributed by atoms with E-state index in [0.29, 0.717) is 12.2 Å². The molecule has 0 aliphatic carbocycles. The number of ether oxygens (including phenoxy) is 1. The van der Waals surface area contributed by atoms with E-state index in [9.17, 15) is 13.6 Å². The van der Waals surface area contributed by atoms with Gasteiger partial charge in [-0.25, -0.2) is 4.98 Å². The number of halogens is 2. The van der Waals surface area contributed by atoms with Gasteiger partial charge in [0.1, 0.15) is 5.75 Å². The molecule has 0 spiro atoms. The van der Waals surface area contributed by atoms with Gasteiger partial charge in [0, 0.05) is 19.7 Å². The molecule has 7 heteroatoms. The zero-order chi connectivity index (χ0) is 19.2. The van der Waals surface area contributed by atoms with Gasteiger partial charge in [-0.1, -0.05) is 24.3 Å². The van der Waals surface area contributed by atoms with Crippen LogP contribution in [0.15, 0.2) is 60.8 Å². The van der Waals surface area contributed by atoms with Crippen LogP contribution in [0.2, 0.25) is 0 Å². The summed E-state index contributed by atoms with van der Waals surface area (Å²) in [5.74, 6) is -0.129. The first-order valence-electron chi connectivity index (χ1n) is 8.20. The highest BCUT2D eigenvalue weighted by Crippen LogP contribution is 2.16. The van der Waals surface area contributed by atoms with Gasteiger partial charge in [-0.05, 0) is 35.9 Å². The third-order valence-corrected chi connectivity index (χ3v) is 3.81. The van der Waals surface area contributed by atoms with Crippen molar-refractivity contribution in [2.24, 2.45) is 0 Å². The Hall–Kier alpha value is -3.35. The number of alkyl halides is 2. The molecule has 0 bridgehead atoms. The number of amides is 1. The number of likely N-dealkylation sites (N-methyl/N-ethyl adjacent to an activating group) is 1. The number of hydrogen-bond acceptors (Lipinski definition) is 4. The van der Waals surface area contributed by atoms with E-state index < -0.39 is 6.61 Å². The number of para-hydroxylation sites is 2. The molecule has 0 aliphatic heterocycles. The zero-order valence-electron chi connectivity index (χ0n) is 14.5. The van der Waals surface area contributed by atoms with Crippen molar-refractivity contribution in [3.05, 3.63) is 72.1 Å². The van der Waals surface area contributed by atoms with Gasteiger partial charge in [-0.2, -0.15) is 8.78 Å². The molecule has 0 aliphatic rings. The Morgan fingerprint density at radius 2 is 1.85 bits per heavy atom. The highest BCUT2D eigenvalue weighted by atomic mass is 19.3. The molecule has 2 aromatic carbocycles. The van der Waals surface area contributed by atoms with E-state index in [2.05, 4.69) is 14.7 Å². The molecule has 0 radical (unpaired) electrons. The highest BCUT2D eigenvalue weighted by molar-refractivity contribution is 5.91. The Balaban J connectivity index is 1.61. The molecule has 0 fully saturated rings. The summed E-state index contributed by atoms with van der Waals surface area (Å²) in [6.45, 7) is -2.52. The lowest BCUT2D eigenvalue weighted by Gasteiger charge is -2.15. The van der Waals surface area contributed by atoms with Crippen LogP contribution in [0.5, 0.6) is 5.75 Å². The van der Waals surface area contributed by atoms with Crippen LogP contribution in [-0.4, -0.2) is 34.4 Å². The topological polar surface area (TPSA) is 55.3 Å². The number of fused-ring (bicyclic) bond motifs is 1. The largest absolute Gasteiger partial charge is 0.435 e. The molecule has 138 valence electrons. The molecule has 0 atom stereocenters. The van der Waals surface area contributed by atoms with Crippen molar-refractivity contribution >= 4 is 23.0 Å². The zero-order valence-corrected chi connectivity index (χ0v) is 14.5. The molecule has 3 aromatic rings. The average Bonchev–Trinajstić information content (AvgIpc) is 2.67. The predicted molar refractivity (Wildman–Crippen MR) is 98.1 cm³/mol. The van der Waals surface area contributed by atoms with E-state index in [4.69, 9.17) is 0 Å². The monoisotopic (exact) mass is 369 g/mol. The van der Waals surface area contributed by atoms with Crippen molar-refractivity contribution in [3.63, 3.8) is 0 Å². The Bertz CT molecular complexity index is 959. The SMILES string of the molecule is CN(Cc1ccc(OC(F)F)cc1)C(=O)/C=C/c1cnc2ccccc2n1. The summed E-state index contributed by atoms with van der Waals surface area (Å²) in [7, 11) is 1.66. The van der Waals surface area contributed by atoms with Crippen molar-refractivity contribution in [1.82, 2.24) is 14.9 Å². The lowest BCUT2D eigenvalue weighted by atomic mass is 10.2. The van der Waals surface area contributed by atoms with Crippen LogP contribution < -0.4 is 4.74 Å². The first-order chi connectivity index (χ1) is 13.0. The van der Waals surface area contributed by atoms with E-state index in [1.165, 1.54) is 23.1 Å². The molecule has 0 unspecified atom stereocenters. The van der Waals surface area contributed by atoms with Crippen LogP contribution in [0.1, 0.15) is 11.3 Å². The third kappa shape index (κ3) is 5.07. The molecule has 1 heterocycles. The fraction of sp³-hybridized carbons (Fsp3) is 0.150. The second-order valence-corrected chi connectivity index (χ2v) is 5.83. The lowest BCUT2D eigenvalue weighted by molar-refractivity contribution is -0.125. The molecule has 5 nitrogen and oxygen atoms in total. The maximum absolute atomic E-state index is 12.3. The van der Waals surface area contributed by atoms with E-state index in [-0.39, 0.29) is 11.7 Å². The van der Waals surface area contributed by atoms with Crippen LogP contribution >= 0.6 is 0 Å². The van der Waals surface area contributed by atoms with Gasteiger partial charge >= 0.3 is 6.61 Å². The number of rotatable bonds is 6. The highest BCUT2D eigenvalue weighted by Gasteiger charge is 2.08. The summed E-state index contributed by atoms with van der Waals surface area (Å²) in [6.07, 6.45) is 4.64. The van der Waals surface area contributed by atoms with Gasteiger partial charge in [-0.3, -0.25) is 9.78 Å². The summed E-state index contributed by atoms with van der Waals surface area (Å²) < 4.78 is 28.6.